The molecule has 0 nitrogen and oxygen atoms in total. The van der Waals surface area contributed by atoms with Gasteiger partial charge in [-0.1, -0.05) is 23.2 Å². The second-order valence-electron chi connectivity index (χ2n) is 3.10. The third-order valence-corrected chi connectivity index (χ3v) is 2.38. The average molecular weight is 250 g/mol. The largest absolute Gasteiger partial charge is 0.127 e. The normalized spacial score (nSPS) is 14.2. The molecule has 0 fully saturated rings. The molecular formula is C8H12Cl4. The van der Waals surface area contributed by atoms with E-state index in [4.69, 9.17) is 46.4 Å². The first-order valence-electron chi connectivity index (χ1n) is 3.65. The lowest BCUT2D eigenvalue weighted by atomic mass is 9.93. The molecule has 0 aliphatic carbocycles. The summed E-state index contributed by atoms with van der Waals surface area (Å²) in [5.41, 5.74) is 0. The van der Waals surface area contributed by atoms with Crippen molar-refractivity contribution in [3.8, 4) is 0 Å². The fourth-order valence-corrected chi connectivity index (χ4v) is 1.61. The van der Waals surface area contributed by atoms with Crippen LogP contribution in [0.2, 0.25) is 0 Å². The molecule has 0 bridgehead atoms. The lowest BCUT2D eigenvalue weighted by Gasteiger charge is -2.24. The summed E-state index contributed by atoms with van der Waals surface area (Å²) in [5, 5.41) is 0. The minimum atomic E-state index is -0.357. The van der Waals surface area contributed by atoms with Crippen LogP contribution in [0.15, 0.2) is 10.6 Å². The number of rotatable bonds is 4. The molecule has 0 saturated carbocycles. The van der Waals surface area contributed by atoms with Crippen molar-refractivity contribution in [2.75, 3.05) is 5.88 Å². The number of hydrogen-bond acceptors (Lipinski definition) is 0. The Bertz CT molecular complexity index is 153. The van der Waals surface area contributed by atoms with Gasteiger partial charge in [0, 0.05) is 10.8 Å². The van der Waals surface area contributed by atoms with Gasteiger partial charge in [0.1, 0.15) is 4.49 Å². The molecule has 0 aromatic rings. The van der Waals surface area contributed by atoms with Crippen LogP contribution in [0.4, 0.5) is 0 Å². The molecule has 0 aliphatic heterocycles. The van der Waals surface area contributed by atoms with Gasteiger partial charge in [-0.3, -0.25) is 0 Å². The zero-order chi connectivity index (χ0) is 9.78. The highest BCUT2D eigenvalue weighted by atomic mass is 35.5. The molecule has 0 radical (unpaired) electrons. The summed E-state index contributed by atoms with van der Waals surface area (Å²) in [6.07, 6.45) is 2.51. The molecular weight excluding hydrogens is 238 g/mol. The Morgan fingerprint density at radius 2 is 1.92 bits per heavy atom. The van der Waals surface area contributed by atoms with Crippen LogP contribution >= 0.6 is 46.4 Å². The van der Waals surface area contributed by atoms with E-state index in [-0.39, 0.29) is 15.3 Å². The van der Waals surface area contributed by atoms with Gasteiger partial charge in [0.15, 0.2) is 0 Å². The highest BCUT2D eigenvalue weighted by Gasteiger charge is 2.24. The first kappa shape index (κ1) is 12.9. The van der Waals surface area contributed by atoms with Crippen molar-refractivity contribution in [2.45, 2.75) is 25.1 Å². The Morgan fingerprint density at radius 1 is 1.42 bits per heavy atom. The van der Waals surface area contributed by atoms with Crippen molar-refractivity contribution in [2.24, 2.45) is 5.92 Å². The van der Waals surface area contributed by atoms with Gasteiger partial charge in [0.25, 0.3) is 0 Å². The van der Waals surface area contributed by atoms with Crippen LogP contribution in [0.5, 0.6) is 0 Å². The van der Waals surface area contributed by atoms with E-state index in [1.54, 1.807) is 6.08 Å². The van der Waals surface area contributed by atoms with E-state index < -0.39 is 0 Å². The molecule has 72 valence electrons. The molecule has 0 heterocycles. The smallest absolute Gasteiger partial charge is 0.103 e. The third kappa shape index (κ3) is 5.53. The van der Waals surface area contributed by atoms with Crippen LogP contribution in [0.25, 0.3) is 0 Å². The van der Waals surface area contributed by atoms with Crippen LogP contribution in [-0.2, 0) is 0 Å². The summed E-state index contributed by atoms with van der Waals surface area (Å²) in [5.74, 6) is 0.667. The highest BCUT2D eigenvalue weighted by Crippen LogP contribution is 2.30. The number of halogens is 4. The molecule has 0 N–H and O–H groups in total. The molecule has 1 unspecified atom stereocenters. The van der Waals surface area contributed by atoms with Crippen molar-refractivity contribution in [3.63, 3.8) is 0 Å². The fourth-order valence-electron chi connectivity index (χ4n) is 0.894. The van der Waals surface area contributed by atoms with E-state index in [2.05, 4.69) is 0 Å². The monoisotopic (exact) mass is 248 g/mol. The van der Waals surface area contributed by atoms with Gasteiger partial charge < -0.3 is 0 Å². The summed E-state index contributed by atoms with van der Waals surface area (Å²) >= 11 is 22.8. The average Bonchev–Trinajstić information content (AvgIpc) is 1.83. The zero-order valence-electron chi connectivity index (χ0n) is 7.08. The second-order valence-corrected chi connectivity index (χ2v) is 5.46. The third-order valence-electron chi connectivity index (χ3n) is 1.63. The summed E-state index contributed by atoms with van der Waals surface area (Å²) < 4.78 is 0.249. The van der Waals surface area contributed by atoms with E-state index in [9.17, 15) is 0 Å². The van der Waals surface area contributed by atoms with E-state index in [0.717, 1.165) is 6.42 Å². The Hall–Kier alpha value is 0.900. The van der Waals surface area contributed by atoms with Gasteiger partial charge >= 0.3 is 0 Å². The quantitative estimate of drug-likeness (QED) is 0.641. The molecule has 0 aromatic heterocycles. The molecule has 0 saturated heterocycles. The van der Waals surface area contributed by atoms with Gasteiger partial charge in [-0.05, 0) is 32.3 Å². The van der Waals surface area contributed by atoms with Gasteiger partial charge in [-0.15, -0.1) is 23.2 Å². The molecule has 12 heavy (non-hydrogen) atoms. The van der Waals surface area contributed by atoms with Crippen molar-refractivity contribution < 1.29 is 0 Å². The van der Waals surface area contributed by atoms with Crippen LogP contribution in [0.1, 0.15) is 20.3 Å². The van der Waals surface area contributed by atoms with Gasteiger partial charge in [-0.25, -0.2) is 0 Å². The maximum absolute atomic E-state index is 6.10. The number of alkyl halides is 2. The first-order chi connectivity index (χ1) is 5.38. The van der Waals surface area contributed by atoms with Crippen LogP contribution in [-0.4, -0.2) is 10.8 Å². The highest BCUT2D eigenvalue weighted by molar-refractivity contribution is 6.55. The predicted molar refractivity (Wildman–Crippen MR) is 58.5 cm³/mol. The second kappa shape index (κ2) is 5.59. The minimum Gasteiger partial charge on any atom is -0.127 e. The topological polar surface area (TPSA) is 0 Å². The molecule has 0 aromatic carbocycles. The standard InChI is InChI=1S/C8H12Cl4/c1-8(2,12)6(3-4-9)5-7(10)11/h5-6H,3-4H2,1-2H3. The van der Waals surface area contributed by atoms with Crippen molar-refractivity contribution >= 4 is 46.4 Å². The summed E-state index contributed by atoms with van der Waals surface area (Å²) in [4.78, 5) is -0.357. The minimum absolute atomic E-state index is 0.113. The van der Waals surface area contributed by atoms with Crippen LogP contribution in [0.3, 0.4) is 0 Å². The SMILES string of the molecule is CC(C)(Cl)C(C=C(Cl)Cl)CCCl. The fraction of sp³-hybridized carbons (Fsp3) is 0.750. The maximum Gasteiger partial charge on any atom is 0.103 e. The van der Waals surface area contributed by atoms with Gasteiger partial charge in [0.2, 0.25) is 0 Å². The first-order valence-corrected chi connectivity index (χ1v) is 5.32. The Balaban J connectivity index is 4.34. The van der Waals surface area contributed by atoms with Crippen molar-refractivity contribution in [3.05, 3.63) is 10.6 Å². The molecule has 1 atom stereocenters. The lowest BCUT2D eigenvalue weighted by molar-refractivity contribution is 0.489. The Labute approximate surface area is 93.8 Å². The Morgan fingerprint density at radius 3 is 2.17 bits per heavy atom. The molecule has 0 rings (SSSR count). The van der Waals surface area contributed by atoms with Crippen molar-refractivity contribution in [1.29, 1.82) is 0 Å². The molecule has 0 amide bonds. The number of hydrogen-bond donors (Lipinski definition) is 0. The van der Waals surface area contributed by atoms with Gasteiger partial charge in [0.05, 0.1) is 0 Å². The van der Waals surface area contributed by atoms with Crippen LogP contribution in [0, 0.1) is 5.92 Å². The summed E-state index contributed by atoms with van der Waals surface area (Å²) in [6.45, 7) is 3.83. The maximum atomic E-state index is 6.10. The zero-order valence-corrected chi connectivity index (χ0v) is 10.1. The molecule has 0 spiro atoms. The van der Waals surface area contributed by atoms with E-state index in [1.165, 1.54) is 0 Å². The van der Waals surface area contributed by atoms with Crippen molar-refractivity contribution in [1.82, 2.24) is 0 Å². The predicted octanol–water partition coefficient (Wildman–Crippen LogP) is 4.57. The summed E-state index contributed by atoms with van der Waals surface area (Å²) in [6, 6.07) is 0. The van der Waals surface area contributed by atoms with E-state index in [0.29, 0.717) is 5.88 Å². The summed E-state index contributed by atoms with van der Waals surface area (Å²) in [7, 11) is 0. The molecule has 4 heteroatoms. The lowest BCUT2D eigenvalue weighted by Crippen LogP contribution is -2.23. The van der Waals surface area contributed by atoms with E-state index in [1.807, 2.05) is 13.8 Å². The number of allylic oxidation sites excluding steroid dienone is 1. The molecule has 0 aliphatic rings. The Kier molecular flexibility index (Phi) is 6.01. The van der Waals surface area contributed by atoms with E-state index >= 15 is 0 Å². The van der Waals surface area contributed by atoms with Gasteiger partial charge in [-0.2, -0.15) is 0 Å². The van der Waals surface area contributed by atoms with Crippen LogP contribution < -0.4 is 0 Å².